The number of phenolic OH excluding ortho intramolecular Hbond substituents is 1. The molecule has 1 heterocycles. The van der Waals surface area contributed by atoms with Gasteiger partial charge in [-0.05, 0) is 18.6 Å². The number of aliphatic hydroxyl groups is 1. The summed E-state index contributed by atoms with van der Waals surface area (Å²) in [5.41, 5.74) is 1.02. The van der Waals surface area contributed by atoms with E-state index in [1.54, 1.807) is 19.2 Å². The molecule has 0 amide bonds. The van der Waals surface area contributed by atoms with Gasteiger partial charge in [-0.2, -0.15) is 0 Å². The van der Waals surface area contributed by atoms with Crippen molar-refractivity contribution < 1.29 is 19.7 Å². The molecular formula is C13H19NO4. The van der Waals surface area contributed by atoms with Crippen LogP contribution in [0.3, 0.4) is 0 Å². The maximum atomic E-state index is 9.37. The van der Waals surface area contributed by atoms with Crippen LogP contribution in [0.25, 0.3) is 0 Å². The number of rotatable bonds is 6. The van der Waals surface area contributed by atoms with Crippen molar-refractivity contribution in [2.75, 3.05) is 26.9 Å². The number of hydrogen-bond donors (Lipinski definition) is 3. The molecule has 2 atom stereocenters. The third-order valence-electron chi connectivity index (χ3n) is 3.11. The van der Waals surface area contributed by atoms with E-state index in [0.29, 0.717) is 19.0 Å². The van der Waals surface area contributed by atoms with Gasteiger partial charge in [0.05, 0.1) is 12.6 Å². The molecule has 0 aromatic heterocycles. The molecular weight excluding hydrogens is 234 g/mol. The summed E-state index contributed by atoms with van der Waals surface area (Å²) < 4.78 is 10.5. The highest BCUT2D eigenvalue weighted by Crippen LogP contribution is 2.35. The number of fused-ring (bicyclic) bond motifs is 1. The van der Waals surface area contributed by atoms with Gasteiger partial charge < -0.3 is 25.0 Å². The van der Waals surface area contributed by atoms with Crippen LogP contribution in [0, 0.1) is 0 Å². The molecule has 18 heavy (non-hydrogen) atoms. The lowest BCUT2D eigenvalue weighted by Crippen LogP contribution is -2.37. The second-order valence-corrected chi connectivity index (χ2v) is 4.41. The zero-order valence-corrected chi connectivity index (χ0v) is 10.4. The topological polar surface area (TPSA) is 71.0 Å². The van der Waals surface area contributed by atoms with Crippen molar-refractivity contribution in [1.82, 2.24) is 5.32 Å². The van der Waals surface area contributed by atoms with E-state index in [1.165, 1.54) is 0 Å². The smallest absolute Gasteiger partial charge is 0.127 e. The Hall–Kier alpha value is -1.30. The Bertz CT molecular complexity index is 397. The van der Waals surface area contributed by atoms with Crippen LogP contribution >= 0.6 is 0 Å². The van der Waals surface area contributed by atoms with E-state index in [-0.39, 0.29) is 24.4 Å². The van der Waals surface area contributed by atoms with Gasteiger partial charge in [-0.3, -0.25) is 0 Å². The van der Waals surface area contributed by atoms with Gasteiger partial charge in [-0.1, -0.05) is 0 Å². The van der Waals surface area contributed by atoms with Gasteiger partial charge in [0.25, 0.3) is 0 Å². The van der Waals surface area contributed by atoms with E-state index in [2.05, 4.69) is 5.32 Å². The highest BCUT2D eigenvalue weighted by molar-refractivity contribution is 5.44. The van der Waals surface area contributed by atoms with Crippen molar-refractivity contribution in [1.29, 1.82) is 0 Å². The SMILES string of the molecule is COCCC(CO)NC1COc2cc(O)ccc21. The first-order valence-corrected chi connectivity index (χ1v) is 6.06. The minimum Gasteiger partial charge on any atom is -0.508 e. The Morgan fingerprint density at radius 3 is 3.11 bits per heavy atom. The lowest BCUT2D eigenvalue weighted by Gasteiger charge is -2.20. The monoisotopic (exact) mass is 253 g/mol. The van der Waals surface area contributed by atoms with Gasteiger partial charge in [0.2, 0.25) is 0 Å². The third kappa shape index (κ3) is 2.93. The average molecular weight is 253 g/mol. The highest BCUT2D eigenvalue weighted by Gasteiger charge is 2.26. The van der Waals surface area contributed by atoms with E-state index in [4.69, 9.17) is 9.47 Å². The van der Waals surface area contributed by atoms with Gasteiger partial charge >= 0.3 is 0 Å². The fourth-order valence-corrected chi connectivity index (χ4v) is 2.11. The number of phenols is 1. The van der Waals surface area contributed by atoms with E-state index in [1.807, 2.05) is 6.07 Å². The fraction of sp³-hybridized carbons (Fsp3) is 0.538. The van der Waals surface area contributed by atoms with Gasteiger partial charge in [0.1, 0.15) is 18.1 Å². The molecule has 1 aliphatic rings. The number of hydrogen-bond acceptors (Lipinski definition) is 5. The molecule has 0 aliphatic carbocycles. The maximum absolute atomic E-state index is 9.37. The molecule has 0 saturated carbocycles. The molecule has 0 saturated heterocycles. The lowest BCUT2D eigenvalue weighted by molar-refractivity contribution is 0.151. The molecule has 0 bridgehead atoms. The van der Waals surface area contributed by atoms with E-state index in [9.17, 15) is 10.2 Å². The maximum Gasteiger partial charge on any atom is 0.127 e. The lowest BCUT2D eigenvalue weighted by atomic mass is 10.1. The minimum absolute atomic E-state index is 0.0155. The largest absolute Gasteiger partial charge is 0.508 e. The highest BCUT2D eigenvalue weighted by atomic mass is 16.5. The van der Waals surface area contributed by atoms with Gasteiger partial charge in [0, 0.05) is 31.4 Å². The van der Waals surface area contributed by atoms with Crippen molar-refractivity contribution in [3.05, 3.63) is 23.8 Å². The number of aromatic hydroxyl groups is 1. The molecule has 100 valence electrons. The number of benzene rings is 1. The molecule has 1 aromatic carbocycles. The predicted octanol–water partition coefficient (Wildman–Crippen LogP) is 0.813. The van der Waals surface area contributed by atoms with Crippen molar-refractivity contribution in [3.63, 3.8) is 0 Å². The number of nitrogens with one attached hydrogen (secondary N) is 1. The van der Waals surface area contributed by atoms with Crippen molar-refractivity contribution in [2.24, 2.45) is 0 Å². The van der Waals surface area contributed by atoms with Crippen LogP contribution in [0.2, 0.25) is 0 Å². The molecule has 5 heteroatoms. The van der Waals surface area contributed by atoms with E-state index >= 15 is 0 Å². The van der Waals surface area contributed by atoms with Crippen LogP contribution in [0.15, 0.2) is 18.2 Å². The zero-order valence-electron chi connectivity index (χ0n) is 10.4. The van der Waals surface area contributed by atoms with Gasteiger partial charge in [-0.15, -0.1) is 0 Å². The van der Waals surface area contributed by atoms with E-state index in [0.717, 1.165) is 12.0 Å². The molecule has 2 unspecified atom stereocenters. The predicted molar refractivity (Wildman–Crippen MR) is 66.8 cm³/mol. The molecule has 1 aliphatic heterocycles. The second-order valence-electron chi connectivity index (χ2n) is 4.41. The summed E-state index contributed by atoms with van der Waals surface area (Å²) in [6.07, 6.45) is 0.747. The number of methoxy groups -OCH3 is 1. The summed E-state index contributed by atoms with van der Waals surface area (Å²) in [5, 5.41) is 22.0. The molecule has 3 N–H and O–H groups in total. The summed E-state index contributed by atoms with van der Waals surface area (Å²) in [6, 6.07) is 5.14. The van der Waals surface area contributed by atoms with Crippen LogP contribution < -0.4 is 10.1 Å². The average Bonchev–Trinajstić information content (AvgIpc) is 2.76. The molecule has 2 rings (SSSR count). The quantitative estimate of drug-likeness (QED) is 0.700. The van der Waals surface area contributed by atoms with Crippen LogP contribution in [0.1, 0.15) is 18.0 Å². The molecule has 0 radical (unpaired) electrons. The first-order chi connectivity index (χ1) is 8.74. The molecule has 0 fully saturated rings. The van der Waals surface area contributed by atoms with Crippen LogP contribution in [0.5, 0.6) is 11.5 Å². The second kappa shape index (κ2) is 6.04. The summed E-state index contributed by atoms with van der Waals surface area (Å²) in [4.78, 5) is 0. The van der Waals surface area contributed by atoms with Crippen molar-refractivity contribution in [2.45, 2.75) is 18.5 Å². The standard InChI is InChI=1S/C13H19NO4/c1-17-5-4-9(7-15)14-12-8-18-13-6-10(16)2-3-11(12)13/h2-3,6,9,12,14-16H,4-5,7-8H2,1H3. The fourth-order valence-electron chi connectivity index (χ4n) is 2.11. The van der Waals surface area contributed by atoms with Crippen molar-refractivity contribution >= 4 is 0 Å². The number of ether oxygens (including phenoxy) is 2. The van der Waals surface area contributed by atoms with Crippen LogP contribution in [0.4, 0.5) is 0 Å². The molecule has 0 spiro atoms. The van der Waals surface area contributed by atoms with E-state index < -0.39 is 0 Å². The molecule has 1 aromatic rings. The van der Waals surface area contributed by atoms with Gasteiger partial charge in [0.15, 0.2) is 0 Å². The van der Waals surface area contributed by atoms with Gasteiger partial charge in [-0.25, -0.2) is 0 Å². The Labute approximate surface area is 106 Å². The summed E-state index contributed by atoms with van der Waals surface area (Å²) in [6.45, 7) is 1.18. The molecule has 5 nitrogen and oxygen atoms in total. The Balaban J connectivity index is 2.00. The zero-order chi connectivity index (χ0) is 13.0. The summed E-state index contributed by atoms with van der Waals surface area (Å²) in [7, 11) is 1.64. The summed E-state index contributed by atoms with van der Waals surface area (Å²) in [5.74, 6) is 0.906. The number of aliphatic hydroxyl groups excluding tert-OH is 1. The van der Waals surface area contributed by atoms with Crippen LogP contribution in [-0.4, -0.2) is 43.2 Å². The summed E-state index contributed by atoms with van der Waals surface area (Å²) >= 11 is 0. The Morgan fingerprint density at radius 2 is 2.39 bits per heavy atom. The van der Waals surface area contributed by atoms with Crippen LogP contribution in [-0.2, 0) is 4.74 Å². The minimum atomic E-state index is -0.0155. The Morgan fingerprint density at radius 1 is 1.56 bits per heavy atom. The first kappa shape index (κ1) is 13.1. The third-order valence-corrected chi connectivity index (χ3v) is 3.11. The normalized spacial score (nSPS) is 19.3. The van der Waals surface area contributed by atoms with Crippen molar-refractivity contribution in [3.8, 4) is 11.5 Å². The first-order valence-electron chi connectivity index (χ1n) is 6.06. The Kier molecular flexibility index (Phi) is 4.41.